The predicted octanol–water partition coefficient (Wildman–Crippen LogP) is 1.99. The van der Waals surface area contributed by atoms with Gasteiger partial charge in [-0.05, 0) is 18.6 Å². The highest BCUT2D eigenvalue weighted by Gasteiger charge is 2.07. The van der Waals surface area contributed by atoms with Crippen LogP contribution in [0.5, 0.6) is 5.75 Å². The molecule has 1 rings (SSSR count). The van der Waals surface area contributed by atoms with Gasteiger partial charge < -0.3 is 9.64 Å². The zero-order valence-corrected chi connectivity index (χ0v) is 9.00. The second kappa shape index (κ2) is 4.13. The molecule has 0 aliphatic heterocycles. The molecule has 0 atom stereocenters. The van der Waals surface area contributed by atoms with E-state index in [9.17, 15) is 4.79 Å². The molecule has 0 saturated heterocycles. The molecule has 0 spiro atoms. The van der Waals surface area contributed by atoms with Crippen molar-refractivity contribution in [1.82, 2.24) is 0 Å². The van der Waals surface area contributed by atoms with Crippen LogP contribution in [-0.4, -0.2) is 20.1 Å². The third kappa shape index (κ3) is 2.05. The van der Waals surface area contributed by atoms with Crippen LogP contribution in [0.4, 0.5) is 5.69 Å². The Morgan fingerprint density at radius 3 is 2.57 bits per heavy atom. The molecule has 0 aliphatic rings. The van der Waals surface area contributed by atoms with E-state index in [0.29, 0.717) is 0 Å². The number of aryl methyl sites for hydroxylation is 1. The van der Waals surface area contributed by atoms with Crippen molar-refractivity contribution in [3.8, 4) is 5.75 Å². The third-order valence-corrected chi connectivity index (χ3v) is 2.25. The van der Waals surface area contributed by atoms with Gasteiger partial charge in [-0.25, -0.2) is 0 Å². The van der Waals surface area contributed by atoms with Gasteiger partial charge in [-0.2, -0.15) is 0 Å². The molecule has 1 amide bonds. The molecule has 0 aliphatic carbocycles. The summed E-state index contributed by atoms with van der Waals surface area (Å²) in [6.45, 7) is 3.50. The van der Waals surface area contributed by atoms with E-state index in [1.54, 1.807) is 19.1 Å². The van der Waals surface area contributed by atoms with E-state index in [-0.39, 0.29) is 5.91 Å². The van der Waals surface area contributed by atoms with Crippen molar-refractivity contribution < 1.29 is 9.53 Å². The van der Waals surface area contributed by atoms with Crippen LogP contribution in [0.25, 0.3) is 0 Å². The number of hydrogen-bond donors (Lipinski definition) is 0. The van der Waals surface area contributed by atoms with Gasteiger partial charge in [0, 0.05) is 25.7 Å². The van der Waals surface area contributed by atoms with Gasteiger partial charge >= 0.3 is 0 Å². The molecule has 0 heterocycles. The van der Waals surface area contributed by atoms with Crippen LogP contribution in [0.1, 0.15) is 12.5 Å². The topological polar surface area (TPSA) is 29.5 Å². The van der Waals surface area contributed by atoms with Crippen LogP contribution in [0.3, 0.4) is 0 Å². The number of anilines is 1. The molecule has 3 heteroatoms. The second-order valence-electron chi connectivity index (χ2n) is 3.23. The number of amides is 1. The molecule has 3 nitrogen and oxygen atoms in total. The standard InChI is InChI=1S/C11H15NO2/c1-8-5-6-10(7-11(8)14-4)12(3)9(2)13/h5-7H,1-4H3. The minimum Gasteiger partial charge on any atom is -0.496 e. The maximum Gasteiger partial charge on any atom is 0.223 e. The Bertz CT molecular complexity index is 347. The molecule has 0 aromatic heterocycles. The fraction of sp³-hybridized carbons (Fsp3) is 0.364. The van der Waals surface area contributed by atoms with Crippen molar-refractivity contribution in [2.45, 2.75) is 13.8 Å². The summed E-state index contributed by atoms with van der Waals surface area (Å²) in [6.07, 6.45) is 0. The Kier molecular flexibility index (Phi) is 3.12. The number of methoxy groups -OCH3 is 1. The summed E-state index contributed by atoms with van der Waals surface area (Å²) in [5.74, 6) is 0.812. The lowest BCUT2D eigenvalue weighted by atomic mass is 10.2. The van der Waals surface area contributed by atoms with Gasteiger partial charge in [-0.15, -0.1) is 0 Å². The van der Waals surface area contributed by atoms with Gasteiger partial charge in [0.15, 0.2) is 0 Å². The van der Waals surface area contributed by atoms with Crippen molar-refractivity contribution in [1.29, 1.82) is 0 Å². The molecule has 0 saturated carbocycles. The van der Waals surface area contributed by atoms with Crippen molar-refractivity contribution in [3.05, 3.63) is 23.8 Å². The normalized spacial score (nSPS) is 9.71. The number of nitrogens with zero attached hydrogens (tertiary/aromatic N) is 1. The van der Waals surface area contributed by atoms with Crippen molar-refractivity contribution in [3.63, 3.8) is 0 Å². The van der Waals surface area contributed by atoms with Crippen molar-refractivity contribution >= 4 is 11.6 Å². The van der Waals surface area contributed by atoms with Gasteiger partial charge in [0.25, 0.3) is 0 Å². The van der Waals surface area contributed by atoms with Crippen LogP contribution in [0, 0.1) is 6.92 Å². The van der Waals surface area contributed by atoms with E-state index < -0.39 is 0 Å². The number of carbonyl (C=O) groups is 1. The average molecular weight is 193 g/mol. The van der Waals surface area contributed by atoms with Crippen molar-refractivity contribution in [2.75, 3.05) is 19.1 Å². The van der Waals surface area contributed by atoms with Gasteiger partial charge in [0.1, 0.15) is 5.75 Å². The molecular weight excluding hydrogens is 178 g/mol. The summed E-state index contributed by atoms with van der Waals surface area (Å²) < 4.78 is 5.18. The lowest BCUT2D eigenvalue weighted by Crippen LogP contribution is -2.22. The summed E-state index contributed by atoms with van der Waals surface area (Å²) in [5, 5.41) is 0. The van der Waals surface area contributed by atoms with E-state index >= 15 is 0 Å². The smallest absolute Gasteiger partial charge is 0.223 e. The largest absolute Gasteiger partial charge is 0.496 e. The number of ether oxygens (including phenoxy) is 1. The van der Waals surface area contributed by atoms with Gasteiger partial charge in [0.2, 0.25) is 5.91 Å². The fourth-order valence-electron chi connectivity index (χ4n) is 1.20. The van der Waals surface area contributed by atoms with Crippen molar-refractivity contribution in [2.24, 2.45) is 0 Å². The molecule has 76 valence electrons. The Morgan fingerprint density at radius 1 is 1.43 bits per heavy atom. The van der Waals surface area contributed by atoms with E-state index in [2.05, 4.69) is 0 Å². The van der Waals surface area contributed by atoms with E-state index in [1.165, 1.54) is 6.92 Å². The molecule has 14 heavy (non-hydrogen) atoms. The lowest BCUT2D eigenvalue weighted by Gasteiger charge is -2.16. The highest BCUT2D eigenvalue weighted by molar-refractivity contribution is 5.91. The summed E-state index contributed by atoms with van der Waals surface area (Å²) >= 11 is 0. The number of carbonyl (C=O) groups excluding carboxylic acids is 1. The first kappa shape index (κ1) is 10.6. The van der Waals surface area contributed by atoms with E-state index in [4.69, 9.17) is 4.74 Å². The Morgan fingerprint density at radius 2 is 2.07 bits per heavy atom. The maximum atomic E-state index is 11.1. The lowest BCUT2D eigenvalue weighted by molar-refractivity contribution is -0.116. The molecule has 1 aromatic rings. The van der Waals surface area contributed by atoms with Crippen LogP contribution in [-0.2, 0) is 4.79 Å². The van der Waals surface area contributed by atoms with E-state index in [1.807, 2.05) is 25.1 Å². The third-order valence-electron chi connectivity index (χ3n) is 2.25. The molecule has 0 radical (unpaired) electrons. The maximum absolute atomic E-state index is 11.1. The SMILES string of the molecule is COc1cc(N(C)C(C)=O)ccc1C. The first-order chi connectivity index (χ1) is 6.56. The number of hydrogen-bond acceptors (Lipinski definition) is 2. The van der Waals surface area contributed by atoms with E-state index in [0.717, 1.165) is 17.0 Å². The zero-order valence-electron chi connectivity index (χ0n) is 9.00. The highest BCUT2D eigenvalue weighted by atomic mass is 16.5. The molecule has 1 aromatic carbocycles. The monoisotopic (exact) mass is 193 g/mol. The molecular formula is C11H15NO2. The van der Waals surface area contributed by atoms with Crippen LogP contribution in [0.2, 0.25) is 0 Å². The summed E-state index contributed by atoms with van der Waals surface area (Å²) in [6, 6.07) is 5.70. The fourth-order valence-corrected chi connectivity index (χ4v) is 1.20. The molecule has 0 N–H and O–H groups in total. The summed E-state index contributed by atoms with van der Waals surface area (Å²) in [4.78, 5) is 12.7. The Balaban J connectivity index is 3.06. The minimum absolute atomic E-state index is 0.0101. The van der Waals surface area contributed by atoms with Gasteiger partial charge in [-0.1, -0.05) is 6.07 Å². The van der Waals surface area contributed by atoms with Crippen LogP contribution in [0.15, 0.2) is 18.2 Å². The minimum atomic E-state index is 0.0101. The average Bonchev–Trinajstić information content (AvgIpc) is 2.17. The number of benzene rings is 1. The second-order valence-corrected chi connectivity index (χ2v) is 3.23. The number of rotatable bonds is 2. The predicted molar refractivity (Wildman–Crippen MR) is 56.8 cm³/mol. The first-order valence-electron chi connectivity index (χ1n) is 4.45. The zero-order chi connectivity index (χ0) is 10.7. The molecule has 0 unspecified atom stereocenters. The Labute approximate surface area is 84.3 Å². The first-order valence-corrected chi connectivity index (χ1v) is 4.45. The van der Waals surface area contributed by atoms with Crippen LogP contribution < -0.4 is 9.64 Å². The summed E-state index contributed by atoms with van der Waals surface area (Å²) in [5.41, 5.74) is 1.91. The Hall–Kier alpha value is -1.51. The molecule has 0 fully saturated rings. The molecule has 0 bridgehead atoms. The van der Waals surface area contributed by atoms with Gasteiger partial charge in [0.05, 0.1) is 7.11 Å². The van der Waals surface area contributed by atoms with Crippen LogP contribution >= 0.6 is 0 Å². The quantitative estimate of drug-likeness (QED) is 0.718. The van der Waals surface area contributed by atoms with Gasteiger partial charge in [-0.3, -0.25) is 4.79 Å². The highest BCUT2D eigenvalue weighted by Crippen LogP contribution is 2.24. The summed E-state index contributed by atoms with van der Waals surface area (Å²) in [7, 11) is 3.37.